The Kier molecular flexibility index (Phi) is 7.17. The molecule has 0 aliphatic heterocycles. The molecule has 1 rings (SSSR count). The third kappa shape index (κ3) is 4.91. The van der Waals surface area contributed by atoms with E-state index in [0.717, 1.165) is 5.56 Å². The van der Waals surface area contributed by atoms with Gasteiger partial charge in [-0.05, 0) is 24.1 Å². The van der Waals surface area contributed by atoms with Crippen LogP contribution in [0.3, 0.4) is 0 Å². The van der Waals surface area contributed by atoms with Crippen LogP contribution in [0.5, 0.6) is 11.5 Å². The molecular formula is C13H20O5. The molecule has 1 N–H and O–H groups in total. The van der Waals surface area contributed by atoms with Crippen LogP contribution in [0, 0.1) is 0 Å². The lowest BCUT2D eigenvalue weighted by atomic mass is 10.1. The van der Waals surface area contributed by atoms with Gasteiger partial charge >= 0.3 is 0 Å². The minimum atomic E-state index is 0.115. The average Bonchev–Trinajstić information content (AvgIpc) is 2.40. The van der Waals surface area contributed by atoms with E-state index in [1.165, 1.54) is 0 Å². The first-order valence-electron chi connectivity index (χ1n) is 5.79. The molecule has 0 spiro atoms. The molecule has 0 radical (unpaired) electrons. The smallest absolute Gasteiger partial charge is 0.189 e. The van der Waals surface area contributed by atoms with Crippen LogP contribution in [-0.4, -0.2) is 45.9 Å². The van der Waals surface area contributed by atoms with Gasteiger partial charge in [0.15, 0.2) is 18.3 Å². The molecule has 0 aliphatic carbocycles. The van der Waals surface area contributed by atoms with Crippen molar-refractivity contribution in [3.8, 4) is 11.5 Å². The molecule has 1 aromatic carbocycles. The molecule has 5 heteroatoms. The van der Waals surface area contributed by atoms with E-state index in [4.69, 9.17) is 24.1 Å². The molecule has 0 aliphatic rings. The lowest BCUT2D eigenvalue weighted by Gasteiger charge is -2.12. The molecule has 0 unspecified atom stereocenters. The zero-order valence-corrected chi connectivity index (χ0v) is 10.8. The summed E-state index contributed by atoms with van der Waals surface area (Å²) in [6.45, 7) is 1.29. The standard InChI is InChI=1S/C13H20O5/c1-15-7-8-17-10-18-12-4-3-11(5-6-14)9-13(12)16-2/h3-4,9,14H,5-8,10H2,1-2H3. The van der Waals surface area contributed by atoms with Crippen LogP contribution < -0.4 is 9.47 Å². The molecule has 0 atom stereocenters. The number of hydrogen-bond donors (Lipinski definition) is 1. The van der Waals surface area contributed by atoms with Gasteiger partial charge in [0.2, 0.25) is 0 Å². The highest BCUT2D eigenvalue weighted by Crippen LogP contribution is 2.28. The zero-order valence-electron chi connectivity index (χ0n) is 10.8. The maximum absolute atomic E-state index is 8.87. The Balaban J connectivity index is 2.48. The van der Waals surface area contributed by atoms with Gasteiger partial charge < -0.3 is 24.1 Å². The summed E-state index contributed by atoms with van der Waals surface area (Å²) in [7, 11) is 3.20. The SMILES string of the molecule is COCCOCOc1ccc(CCO)cc1OC. The summed E-state index contributed by atoms with van der Waals surface area (Å²) >= 11 is 0. The fourth-order valence-corrected chi connectivity index (χ4v) is 1.42. The first-order valence-corrected chi connectivity index (χ1v) is 5.79. The van der Waals surface area contributed by atoms with Crippen molar-refractivity contribution in [3.63, 3.8) is 0 Å². The van der Waals surface area contributed by atoms with Gasteiger partial charge in [0.1, 0.15) is 0 Å². The van der Waals surface area contributed by atoms with E-state index >= 15 is 0 Å². The quantitative estimate of drug-likeness (QED) is 0.532. The monoisotopic (exact) mass is 256 g/mol. The summed E-state index contributed by atoms with van der Waals surface area (Å²) in [6, 6.07) is 5.55. The third-order valence-corrected chi connectivity index (χ3v) is 2.36. The van der Waals surface area contributed by atoms with Gasteiger partial charge in [-0.15, -0.1) is 0 Å². The lowest BCUT2D eigenvalue weighted by Crippen LogP contribution is -2.08. The van der Waals surface area contributed by atoms with Gasteiger partial charge in [-0.1, -0.05) is 6.07 Å². The largest absolute Gasteiger partial charge is 0.493 e. The maximum atomic E-state index is 8.87. The average molecular weight is 256 g/mol. The number of benzene rings is 1. The van der Waals surface area contributed by atoms with Gasteiger partial charge in [0.05, 0.1) is 20.3 Å². The number of hydrogen-bond acceptors (Lipinski definition) is 5. The van der Waals surface area contributed by atoms with E-state index in [1.807, 2.05) is 18.2 Å². The molecule has 0 aromatic heterocycles. The Labute approximate surface area is 107 Å². The Hall–Kier alpha value is -1.30. The first kappa shape index (κ1) is 14.8. The Morgan fingerprint density at radius 2 is 1.94 bits per heavy atom. The molecule has 0 bridgehead atoms. The van der Waals surface area contributed by atoms with Crippen molar-refractivity contribution in [1.29, 1.82) is 0 Å². The summed E-state index contributed by atoms with van der Waals surface area (Å²) in [6.07, 6.45) is 0.598. The molecule has 0 saturated heterocycles. The number of methoxy groups -OCH3 is 2. The van der Waals surface area contributed by atoms with E-state index in [-0.39, 0.29) is 13.4 Å². The molecule has 1 aromatic rings. The molecule has 0 saturated carbocycles. The van der Waals surface area contributed by atoms with Crippen LogP contribution in [0.2, 0.25) is 0 Å². The van der Waals surface area contributed by atoms with E-state index < -0.39 is 0 Å². The summed E-state index contributed by atoms with van der Waals surface area (Å²) in [5.41, 5.74) is 1.00. The first-order chi connectivity index (χ1) is 8.81. The van der Waals surface area contributed by atoms with E-state index in [0.29, 0.717) is 31.1 Å². The van der Waals surface area contributed by atoms with E-state index in [9.17, 15) is 0 Å². The van der Waals surface area contributed by atoms with E-state index in [1.54, 1.807) is 14.2 Å². The van der Waals surface area contributed by atoms with Crippen molar-refractivity contribution >= 4 is 0 Å². The van der Waals surface area contributed by atoms with Gasteiger partial charge in [-0.25, -0.2) is 0 Å². The minimum absolute atomic E-state index is 0.115. The molecule has 102 valence electrons. The predicted octanol–water partition coefficient (Wildman–Crippen LogP) is 1.23. The highest BCUT2D eigenvalue weighted by molar-refractivity contribution is 5.42. The third-order valence-electron chi connectivity index (χ3n) is 2.36. The number of rotatable bonds is 9. The molecule has 5 nitrogen and oxygen atoms in total. The van der Waals surface area contributed by atoms with E-state index in [2.05, 4.69) is 0 Å². The topological polar surface area (TPSA) is 57.2 Å². The second kappa shape index (κ2) is 8.74. The normalized spacial score (nSPS) is 10.4. The van der Waals surface area contributed by atoms with Crippen molar-refractivity contribution in [2.75, 3.05) is 40.8 Å². The molecule has 0 heterocycles. The summed E-state index contributed by atoms with van der Waals surface area (Å²) in [5, 5.41) is 8.87. The van der Waals surface area contributed by atoms with Crippen LogP contribution in [0.4, 0.5) is 0 Å². The van der Waals surface area contributed by atoms with Crippen LogP contribution in [-0.2, 0) is 15.9 Å². The minimum Gasteiger partial charge on any atom is -0.493 e. The molecule has 0 fully saturated rings. The summed E-state index contributed by atoms with van der Waals surface area (Å²) < 4.78 is 20.7. The van der Waals surface area contributed by atoms with Crippen molar-refractivity contribution in [2.24, 2.45) is 0 Å². The van der Waals surface area contributed by atoms with Gasteiger partial charge in [0, 0.05) is 13.7 Å². The van der Waals surface area contributed by atoms with Crippen LogP contribution >= 0.6 is 0 Å². The number of aliphatic hydroxyl groups is 1. The predicted molar refractivity (Wildman–Crippen MR) is 67.1 cm³/mol. The van der Waals surface area contributed by atoms with Crippen LogP contribution in [0.15, 0.2) is 18.2 Å². The van der Waals surface area contributed by atoms with Gasteiger partial charge in [-0.2, -0.15) is 0 Å². The second-order valence-electron chi connectivity index (χ2n) is 3.62. The summed E-state index contributed by atoms with van der Waals surface area (Å²) in [4.78, 5) is 0. The molecular weight excluding hydrogens is 236 g/mol. The highest BCUT2D eigenvalue weighted by atomic mass is 16.7. The second-order valence-corrected chi connectivity index (χ2v) is 3.62. The van der Waals surface area contributed by atoms with Crippen LogP contribution in [0.25, 0.3) is 0 Å². The Bertz CT molecular complexity index is 340. The van der Waals surface area contributed by atoms with Crippen molar-refractivity contribution in [1.82, 2.24) is 0 Å². The van der Waals surface area contributed by atoms with Crippen molar-refractivity contribution < 1.29 is 24.1 Å². The maximum Gasteiger partial charge on any atom is 0.189 e. The highest BCUT2D eigenvalue weighted by Gasteiger charge is 2.05. The molecule has 18 heavy (non-hydrogen) atoms. The Morgan fingerprint density at radius 1 is 1.11 bits per heavy atom. The van der Waals surface area contributed by atoms with Crippen LogP contribution in [0.1, 0.15) is 5.56 Å². The zero-order chi connectivity index (χ0) is 13.2. The van der Waals surface area contributed by atoms with Crippen molar-refractivity contribution in [2.45, 2.75) is 6.42 Å². The van der Waals surface area contributed by atoms with Gasteiger partial charge in [-0.3, -0.25) is 0 Å². The summed E-state index contributed by atoms with van der Waals surface area (Å²) in [5.74, 6) is 1.26. The van der Waals surface area contributed by atoms with Crippen molar-refractivity contribution in [3.05, 3.63) is 23.8 Å². The lowest BCUT2D eigenvalue weighted by molar-refractivity contribution is -0.00946. The number of ether oxygens (including phenoxy) is 4. The Morgan fingerprint density at radius 3 is 2.61 bits per heavy atom. The molecule has 0 amide bonds. The van der Waals surface area contributed by atoms with Gasteiger partial charge in [0.25, 0.3) is 0 Å². The fraction of sp³-hybridized carbons (Fsp3) is 0.538. The number of aliphatic hydroxyl groups excluding tert-OH is 1. The fourth-order valence-electron chi connectivity index (χ4n) is 1.42.